The van der Waals surface area contributed by atoms with E-state index in [2.05, 4.69) is 20.8 Å². The van der Waals surface area contributed by atoms with Gasteiger partial charge in [-0.05, 0) is 36.2 Å². The van der Waals surface area contributed by atoms with Crippen LogP contribution >= 0.6 is 0 Å². The molecule has 0 aliphatic heterocycles. The molecule has 2 unspecified atom stereocenters. The number of benzene rings is 2. The van der Waals surface area contributed by atoms with Gasteiger partial charge in [-0.1, -0.05) is 81.4 Å². The van der Waals surface area contributed by atoms with Crippen molar-refractivity contribution in [2.24, 2.45) is 0 Å². The summed E-state index contributed by atoms with van der Waals surface area (Å²) < 4.78 is 27.1. The molecule has 0 amide bonds. The molecule has 28 heavy (non-hydrogen) atoms. The molecular weight excluding hydrogens is 371 g/mol. The Labute approximate surface area is 169 Å². The molecule has 0 radical (unpaired) electrons. The summed E-state index contributed by atoms with van der Waals surface area (Å²) in [6, 6.07) is 20.0. The second kappa shape index (κ2) is 8.58. The van der Waals surface area contributed by atoms with Crippen molar-refractivity contribution in [2.75, 3.05) is 6.61 Å². The number of esters is 1. The number of halogens is 1. The standard InChI is InChI=1S/C23H31FO3Si/c1-7-26-21(25)23(6,24)18(2)27-28(22(3,4)5,19-14-10-8-11-15-19)20-16-12-9-13-17-20/h8-18H,7H2,1-6H3. The van der Waals surface area contributed by atoms with Gasteiger partial charge >= 0.3 is 5.97 Å². The van der Waals surface area contributed by atoms with Gasteiger partial charge in [-0.2, -0.15) is 0 Å². The zero-order valence-electron chi connectivity index (χ0n) is 17.7. The molecule has 3 nitrogen and oxygen atoms in total. The Morgan fingerprint density at radius 3 is 1.75 bits per heavy atom. The van der Waals surface area contributed by atoms with Crippen molar-refractivity contribution in [3.63, 3.8) is 0 Å². The van der Waals surface area contributed by atoms with Gasteiger partial charge in [0.05, 0.1) is 12.7 Å². The summed E-state index contributed by atoms with van der Waals surface area (Å²) in [6.07, 6.45) is -0.974. The van der Waals surface area contributed by atoms with Gasteiger partial charge in [-0.3, -0.25) is 0 Å². The minimum Gasteiger partial charge on any atom is -0.464 e. The average Bonchev–Trinajstić information content (AvgIpc) is 2.66. The normalized spacial score (nSPS) is 15.5. The van der Waals surface area contributed by atoms with Gasteiger partial charge in [0, 0.05) is 0 Å². The van der Waals surface area contributed by atoms with E-state index in [0.717, 1.165) is 10.4 Å². The molecule has 2 atom stereocenters. The number of rotatable bonds is 7. The van der Waals surface area contributed by atoms with E-state index >= 15 is 4.39 Å². The van der Waals surface area contributed by atoms with Crippen molar-refractivity contribution in [3.05, 3.63) is 60.7 Å². The van der Waals surface area contributed by atoms with Gasteiger partial charge in [0.15, 0.2) is 0 Å². The van der Waals surface area contributed by atoms with Crippen LogP contribution in [-0.2, 0) is 14.0 Å². The fourth-order valence-corrected chi connectivity index (χ4v) is 8.27. The predicted molar refractivity (Wildman–Crippen MR) is 114 cm³/mol. The van der Waals surface area contributed by atoms with Crippen LogP contribution in [0.15, 0.2) is 60.7 Å². The topological polar surface area (TPSA) is 35.5 Å². The molecule has 152 valence electrons. The Bertz CT molecular complexity index is 730. The SMILES string of the molecule is CCOC(=O)C(C)(F)C(C)O[Si](c1ccccc1)(c1ccccc1)C(C)(C)C. The van der Waals surface area contributed by atoms with E-state index in [4.69, 9.17) is 9.16 Å². The van der Waals surface area contributed by atoms with Crippen LogP contribution in [0.25, 0.3) is 0 Å². The fourth-order valence-electron chi connectivity index (χ4n) is 3.51. The highest BCUT2D eigenvalue weighted by Gasteiger charge is 2.54. The molecule has 0 bridgehead atoms. The zero-order valence-corrected chi connectivity index (χ0v) is 18.7. The van der Waals surface area contributed by atoms with Gasteiger partial charge < -0.3 is 9.16 Å². The maximum Gasteiger partial charge on any atom is 0.346 e. The summed E-state index contributed by atoms with van der Waals surface area (Å²) in [5.41, 5.74) is -2.25. The number of hydrogen-bond donors (Lipinski definition) is 0. The fraction of sp³-hybridized carbons (Fsp3) is 0.435. The third kappa shape index (κ3) is 4.20. The lowest BCUT2D eigenvalue weighted by Crippen LogP contribution is -2.69. The van der Waals surface area contributed by atoms with Crippen LogP contribution in [0.5, 0.6) is 0 Å². The maximum atomic E-state index is 15.4. The molecule has 5 heteroatoms. The first-order valence-electron chi connectivity index (χ1n) is 9.72. The largest absolute Gasteiger partial charge is 0.464 e. The molecule has 0 aliphatic rings. The van der Waals surface area contributed by atoms with Crippen molar-refractivity contribution >= 4 is 24.7 Å². The van der Waals surface area contributed by atoms with Crippen molar-refractivity contribution < 1.29 is 18.3 Å². The first kappa shape index (κ1) is 22.3. The van der Waals surface area contributed by atoms with Crippen LogP contribution in [0.3, 0.4) is 0 Å². The van der Waals surface area contributed by atoms with Gasteiger partial charge in [-0.15, -0.1) is 0 Å². The highest BCUT2D eigenvalue weighted by Crippen LogP contribution is 2.39. The average molecular weight is 403 g/mol. The summed E-state index contributed by atoms with van der Waals surface area (Å²) in [5.74, 6) is -0.888. The van der Waals surface area contributed by atoms with E-state index in [1.807, 2.05) is 60.7 Å². The first-order chi connectivity index (χ1) is 13.1. The van der Waals surface area contributed by atoms with Crippen LogP contribution in [0, 0.1) is 0 Å². The van der Waals surface area contributed by atoms with E-state index < -0.39 is 26.1 Å². The molecular formula is C23H31FO3Si. The minimum atomic E-state index is -2.94. The summed E-state index contributed by atoms with van der Waals surface area (Å²) in [6.45, 7) is 11.0. The molecule has 0 saturated carbocycles. The van der Waals surface area contributed by atoms with Crippen LogP contribution in [0.2, 0.25) is 5.04 Å². The number of hydrogen-bond acceptors (Lipinski definition) is 3. The van der Waals surface area contributed by atoms with E-state index in [0.29, 0.717) is 0 Å². The third-order valence-electron chi connectivity index (χ3n) is 5.21. The first-order valence-corrected chi connectivity index (χ1v) is 11.6. The van der Waals surface area contributed by atoms with Crippen LogP contribution < -0.4 is 10.4 Å². The Balaban J connectivity index is 2.64. The highest BCUT2D eigenvalue weighted by molar-refractivity contribution is 6.99. The second-order valence-corrected chi connectivity index (χ2v) is 12.5. The summed E-state index contributed by atoms with van der Waals surface area (Å²) >= 11 is 0. The zero-order chi connectivity index (χ0) is 21.0. The van der Waals surface area contributed by atoms with Crippen molar-refractivity contribution in [1.29, 1.82) is 0 Å². The molecule has 0 spiro atoms. The lowest BCUT2D eigenvalue weighted by atomic mass is 10.0. The molecule has 2 aromatic rings. The summed E-state index contributed by atoms with van der Waals surface area (Å²) in [7, 11) is -2.94. The summed E-state index contributed by atoms with van der Waals surface area (Å²) in [4.78, 5) is 12.3. The predicted octanol–water partition coefficient (Wildman–Crippen LogP) is 4.24. The second-order valence-electron chi connectivity index (χ2n) is 8.22. The number of carbonyl (C=O) groups excluding carboxylic acids is 1. The Morgan fingerprint density at radius 1 is 0.964 bits per heavy atom. The quantitative estimate of drug-likeness (QED) is 0.513. The Hall–Kier alpha value is -1.98. The molecule has 0 heterocycles. The smallest absolute Gasteiger partial charge is 0.346 e. The number of carbonyl (C=O) groups is 1. The number of ether oxygens (including phenoxy) is 1. The van der Waals surface area contributed by atoms with E-state index in [1.165, 1.54) is 6.92 Å². The lowest BCUT2D eigenvalue weighted by Gasteiger charge is -2.46. The van der Waals surface area contributed by atoms with Crippen LogP contribution in [0.4, 0.5) is 4.39 Å². The van der Waals surface area contributed by atoms with Gasteiger partial charge in [0.1, 0.15) is 0 Å². The minimum absolute atomic E-state index is 0.129. The highest BCUT2D eigenvalue weighted by atomic mass is 28.4. The third-order valence-corrected chi connectivity index (χ3v) is 10.3. The maximum absolute atomic E-state index is 15.4. The molecule has 2 rings (SSSR count). The van der Waals surface area contributed by atoms with Gasteiger partial charge in [0.25, 0.3) is 8.32 Å². The van der Waals surface area contributed by atoms with Crippen molar-refractivity contribution in [3.8, 4) is 0 Å². The van der Waals surface area contributed by atoms with Crippen molar-refractivity contribution in [1.82, 2.24) is 0 Å². The summed E-state index contributed by atoms with van der Waals surface area (Å²) in [5, 5.41) is 1.79. The molecule has 0 N–H and O–H groups in total. The molecule has 2 aromatic carbocycles. The van der Waals surface area contributed by atoms with Crippen LogP contribution in [-0.4, -0.2) is 32.7 Å². The van der Waals surface area contributed by atoms with E-state index in [9.17, 15) is 4.79 Å². The molecule has 0 fully saturated rings. The van der Waals surface area contributed by atoms with Crippen molar-refractivity contribution in [2.45, 2.75) is 58.4 Å². The van der Waals surface area contributed by atoms with Gasteiger partial charge in [-0.25, -0.2) is 9.18 Å². The number of alkyl halides is 1. The van der Waals surface area contributed by atoms with Crippen LogP contribution in [0.1, 0.15) is 41.5 Å². The van der Waals surface area contributed by atoms with E-state index in [-0.39, 0.29) is 11.6 Å². The van der Waals surface area contributed by atoms with E-state index in [1.54, 1.807) is 13.8 Å². The molecule has 0 saturated heterocycles. The van der Waals surface area contributed by atoms with Gasteiger partial charge in [0.2, 0.25) is 5.67 Å². The Morgan fingerprint density at radius 2 is 1.39 bits per heavy atom. The molecule has 0 aromatic heterocycles. The monoisotopic (exact) mass is 402 g/mol. The molecule has 0 aliphatic carbocycles. The Kier molecular flexibility index (Phi) is 6.83. The lowest BCUT2D eigenvalue weighted by molar-refractivity contribution is -0.162.